The summed E-state index contributed by atoms with van der Waals surface area (Å²) in [6.45, 7) is 6.33. The van der Waals surface area contributed by atoms with Crippen molar-refractivity contribution >= 4 is 5.71 Å². The van der Waals surface area contributed by atoms with E-state index >= 15 is 0 Å². The molecule has 2 aromatic rings. The Balaban J connectivity index is 1.18. The third kappa shape index (κ3) is 4.65. The van der Waals surface area contributed by atoms with E-state index in [-0.39, 0.29) is 11.7 Å². The summed E-state index contributed by atoms with van der Waals surface area (Å²) in [5, 5.41) is 13.7. The van der Waals surface area contributed by atoms with Crippen molar-refractivity contribution in [3.05, 3.63) is 41.5 Å². The lowest BCUT2D eigenvalue weighted by Gasteiger charge is -2.35. The van der Waals surface area contributed by atoms with Crippen LogP contribution in [0.25, 0.3) is 0 Å². The van der Waals surface area contributed by atoms with Crippen LogP contribution < -0.4 is 4.74 Å². The van der Waals surface area contributed by atoms with Gasteiger partial charge in [0.25, 0.3) is 0 Å². The third-order valence-corrected chi connectivity index (χ3v) is 7.93. The highest BCUT2D eigenvalue weighted by molar-refractivity contribution is 5.88. The van der Waals surface area contributed by atoms with Gasteiger partial charge in [-0.05, 0) is 64.3 Å². The number of rotatable bonds is 5. The molecule has 1 aliphatic carbocycles. The van der Waals surface area contributed by atoms with E-state index in [1.165, 1.54) is 11.3 Å². The zero-order valence-electron chi connectivity index (χ0n) is 20.5. The van der Waals surface area contributed by atoms with Crippen LogP contribution in [0.4, 0.5) is 0 Å². The van der Waals surface area contributed by atoms with Gasteiger partial charge in [-0.1, -0.05) is 17.3 Å². The fourth-order valence-electron chi connectivity index (χ4n) is 5.76. The molecule has 3 heterocycles. The average Bonchev–Trinajstić information content (AvgIpc) is 3.40. The molecular formula is C26H37N5O2. The lowest BCUT2D eigenvalue weighted by Crippen LogP contribution is -2.43. The molecule has 33 heavy (non-hydrogen) atoms. The van der Waals surface area contributed by atoms with Gasteiger partial charge in [0.15, 0.2) is 11.9 Å². The first-order valence-corrected chi connectivity index (χ1v) is 12.5. The van der Waals surface area contributed by atoms with Gasteiger partial charge < -0.3 is 19.0 Å². The molecular weight excluding hydrogens is 414 g/mol. The number of hydrogen-bond acceptors (Lipinski definition) is 6. The van der Waals surface area contributed by atoms with Gasteiger partial charge in [0.2, 0.25) is 0 Å². The van der Waals surface area contributed by atoms with E-state index in [2.05, 4.69) is 58.0 Å². The van der Waals surface area contributed by atoms with Crippen molar-refractivity contribution in [3.8, 4) is 5.75 Å². The summed E-state index contributed by atoms with van der Waals surface area (Å²) in [5.74, 6) is 3.83. The van der Waals surface area contributed by atoms with Crippen molar-refractivity contribution in [2.24, 2.45) is 18.1 Å². The van der Waals surface area contributed by atoms with Crippen LogP contribution in [0.1, 0.15) is 81.1 Å². The second-order valence-electron chi connectivity index (χ2n) is 10.4. The minimum Gasteiger partial charge on any atom is -0.483 e. The van der Waals surface area contributed by atoms with Crippen LogP contribution in [0.2, 0.25) is 0 Å². The van der Waals surface area contributed by atoms with Crippen LogP contribution in [0.15, 0.2) is 29.4 Å². The summed E-state index contributed by atoms with van der Waals surface area (Å²) in [6.07, 6.45) is 7.62. The lowest BCUT2D eigenvalue weighted by atomic mass is 9.76. The highest BCUT2D eigenvalue weighted by atomic mass is 16.7. The fraction of sp³-hybridized carbons (Fsp3) is 0.654. The van der Waals surface area contributed by atoms with Crippen LogP contribution in [-0.4, -0.2) is 51.1 Å². The number of likely N-dealkylation sites (tertiary alicyclic amines) is 1. The lowest BCUT2D eigenvalue weighted by molar-refractivity contribution is -0.0578. The highest BCUT2D eigenvalue weighted by Crippen LogP contribution is 2.41. The van der Waals surface area contributed by atoms with Crippen molar-refractivity contribution in [2.75, 3.05) is 20.1 Å². The zero-order chi connectivity index (χ0) is 23.0. The fourth-order valence-corrected chi connectivity index (χ4v) is 5.76. The first-order chi connectivity index (χ1) is 15.9. The second kappa shape index (κ2) is 9.09. The molecule has 2 aliphatic heterocycles. The standard InChI is InChI=1S/C26H37N5O2/c1-18-6-5-7-22(16-18)32-19(2)24-27-28-25(31(24)4)21-10-8-20(9-11-21)23-17-26(33-29-23)12-14-30(3)15-13-26/h5-7,16,19-21H,8-15,17H2,1-4H3/t19-,20?,21?/m1/s1. The molecule has 2 fully saturated rings. The molecule has 0 amide bonds. The van der Waals surface area contributed by atoms with Gasteiger partial charge in [-0.2, -0.15) is 0 Å². The van der Waals surface area contributed by atoms with Crippen LogP contribution in [0, 0.1) is 12.8 Å². The monoisotopic (exact) mass is 451 g/mol. The quantitative estimate of drug-likeness (QED) is 0.655. The van der Waals surface area contributed by atoms with E-state index in [4.69, 9.17) is 9.57 Å². The van der Waals surface area contributed by atoms with Crippen molar-refractivity contribution in [3.63, 3.8) is 0 Å². The Morgan fingerprint density at radius 3 is 2.52 bits per heavy atom. The number of ether oxygens (including phenoxy) is 1. The van der Waals surface area contributed by atoms with E-state index in [1.54, 1.807) is 0 Å². The molecule has 1 saturated heterocycles. The Kier molecular flexibility index (Phi) is 6.16. The third-order valence-electron chi connectivity index (χ3n) is 7.93. The molecule has 0 N–H and O–H groups in total. The Bertz CT molecular complexity index is 1000. The molecule has 1 aromatic heterocycles. The van der Waals surface area contributed by atoms with Gasteiger partial charge in [0.1, 0.15) is 17.2 Å². The van der Waals surface area contributed by atoms with Crippen molar-refractivity contribution < 1.29 is 9.57 Å². The summed E-state index contributed by atoms with van der Waals surface area (Å²) in [7, 11) is 4.27. The molecule has 3 aliphatic rings. The predicted octanol–water partition coefficient (Wildman–Crippen LogP) is 4.78. The van der Waals surface area contributed by atoms with E-state index in [9.17, 15) is 0 Å². The number of nitrogens with zero attached hydrogens (tertiary/aromatic N) is 5. The summed E-state index contributed by atoms with van der Waals surface area (Å²) in [6, 6.07) is 8.14. The number of aryl methyl sites for hydroxylation is 1. The summed E-state index contributed by atoms with van der Waals surface area (Å²) >= 11 is 0. The minimum absolute atomic E-state index is 0.0232. The normalized spacial score (nSPS) is 26.1. The predicted molar refractivity (Wildman–Crippen MR) is 129 cm³/mol. The van der Waals surface area contributed by atoms with Crippen LogP contribution >= 0.6 is 0 Å². The zero-order valence-corrected chi connectivity index (χ0v) is 20.5. The topological polar surface area (TPSA) is 64.8 Å². The second-order valence-corrected chi connectivity index (χ2v) is 10.4. The van der Waals surface area contributed by atoms with Crippen molar-refractivity contribution in [2.45, 2.75) is 76.4 Å². The largest absolute Gasteiger partial charge is 0.483 e. The molecule has 1 aromatic carbocycles. The van der Waals surface area contributed by atoms with Gasteiger partial charge in [0.05, 0.1) is 5.71 Å². The Labute approximate surface area is 197 Å². The number of aromatic nitrogens is 3. The van der Waals surface area contributed by atoms with E-state index < -0.39 is 0 Å². The molecule has 0 unspecified atom stereocenters. The maximum atomic E-state index is 6.15. The molecule has 7 heteroatoms. The first-order valence-electron chi connectivity index (χ1n) is 12.5. The molecule has 7 nitrogen and oxygen atoms in total. The van der Waals surface area contributed by atoms with Gasteiger partial charge in [-0.25, -0.2) is 0 Å². The Morgan fingerprint density at radius 1 is 1.06 bits per heavy atom. The molecule has 1 atom stereocenters. The minimum atomic E-state index is -0.148. The van der Waals surface area contributed by atoms with Gasteiger partial charge in [0, 0.05) is 51.2 Å². The highest BCUT2D eigenvalue weighted by Gasteiger charge is 2.43. The van der Waals surface area contributed by atoms with Gasteiger partial charge in [-0.15, -0.1) is 10.2 Å². The number of oxime groups is 1. The van der Waals surface area contributed by atoms with E-state index in [1.807, 2.05) is 19.1 Å². The van der Waals surface area contributed by atoms with Crippen molar-refractivity contribution in [1.82, 2.24) is 19.7 Å². The molecule has 1 spiro atoms. The molecule has 0 radical (unpaired) electrons. The van der Waals surface area contributed by atoms with E-state index in [0.717, 1.165) is 75.4 Å². The smallest absolute Gasteiger partial charge is 0.173 e. The van der Waals surface area contributed by atoms with Crippen LogP contribution in [-0.2, 0) is 11.9 Å². The van der Waals surface area contributed by atoms with Crippen LogP contribution in [0.5, 0.6) is 5.75 Å². The molecule has 178 valence electrons. The summed E-state index contributed by atoms with van der Waals surface area (Å²) in [5.41, 5.74) is 2.47. The molecule has 1 saturated carbocycles. The Hall–Kier alpha value is -2.41. The summed E-state index contributed by atoms with van der Waals surface area (Å²) in [4.78, 5) is 8.42. The molecule has 0 bridgehead atoms. The molecule has 5 rings (SSSR count). The number of hydrogen-bond donors (Lipinski definition) is 0. The maximum Gasteiger partial charge on any atom is 0.173 e. The van der Waals surface area contributed by atoms with E-state index in [0.29, 0.717) is 11.8 Å². The number of piperidine rings is 1. The van der Waals surface area contributed by atoms with Crippen molar-refractivity contribution in [1.29, 1.82) is 0 Å². The maximum absolute atomic E-state index is 6.15. The average molecular weight is 452 g/mol. The Morgan fingerprint density at radius 2 is 1.79 bits per heavy atom. The number of benzene rings is 1. The van der Waals surface area contributed by atoms with Gasteiger partial charge in [-0.3, -0.25) is 0 Å². The van der Waals surface area contributed by atoms with Crippen LogP contribution in [0.3, 0.4) is 0 Å². The first kappa shape index (κ1) is 22.4. The summed E-state index contributed by atoms with van der Waals surface area (Å²) < 4.78 is 8.30. The van der Waals surface area contributed by atoms with Gasteiger partial charge >= 0.3 is 0 Å². The SMILES string of the molecule is Cc1cccc(O[C@H](C)c2nnc(C3CCC(C4=NOC5(CCN(C)CC5)C4)CC3)n2C)c1.